The first kappa shape index (κ1) is 16.6. The van der Waals surface area contributed by atoms with Crippen LogP contribution in [0.4, 0.5) is 5.82 Å². The van der Waals surface area contributed by atoms with Gasteiger partial charge >= 0.3 is 0 Å². The van der Waals surface area contributed by atoms with Gasteiger partial charge in [-0.1, -0.05) is 6.92 Å². The molecule has 0 radical (unpaired) electrons. The third-order valence-corrected chi connectivity index (χ3v) is 3.85. The van der Waals surface area contributed by atoms with E-state index in [1.807, 2.05) is 38.1 Å². The molecule has 0 spiro atoms. The number of nitrogens with one attached hydrogen (secondary N) is 2. The van der Waals surface area contributed by atoms with Gasteiger partial charge in [0.25, 0.3) is 5.91 Å². The number of carbonyl (C=O) groups excluding carboxylic acids is 1. The zero-order valence-corrected chi connectivity index (χ0v) is 14.3. The average Bonchev–Trinajstić information content (AvgIpc) is 2.65. The number of anilines is 1. The van der Waals surface area contributed by atoms with Gasteiger partial charge in [-0.3, -0.25) is 20.6 Å². The second-order valence-electron chi connectivity index (χ2n) is 5.49. The molecule has 2 heterocycles. The van der Waals surface area contributed by atoms with Crippen molar-refractivity contribution in [2.45, 2.75) is 20.3 Å². The van der Waals surface area contributed by atoms with Crippen LogP contribution in [0.3, 0.4) is 0 Å². The number of ether oxygens (including phenoxy) is 1. The molecular formula is C18H19N5O2. The lowest BCUT2D eigenvalue weighted by molar-refractivity contribution is 0.0956. The molecule has 1 amide bonds. The first-order valence-corrected chi connectivity index (χ1v) is 7.94. The summed E-state index contributed by atoms with van der Waals surface area (Å²) in [7, 11) is 1.61. The molecule has 0 aliphatic rings. The van der Waals surface area contributed by atoms with Gasteiger partial charge in [0, 0.05) is 23.8 Å². The minimum atomic E-state index is -0.352. The van der Waals surface area contributed by atoms with Crippen LogP contribution in [-0.4, -0.2) is 28.0 Å². The molecule has 3 rings (SSSR count). The molecule has 3 aromatic rings. The number of carbonyl (C=O) groups is 1. The van der Waals surface area contributed by atoms with Crippen LogP contribution in [0.5, 0.6) is 5.75 Å². The summed E-state index contributed by atoms with van der Waals surface area (Å²) in [4.78, 5) is 25.1. The molecule has 0 aliphatic heterocycles. The first-order chi connectivity index (χ1) is 12.1. The van der Waals surface area contributed by atoms with Crippen LogP contribution in [0.15, 0.2) is 36.7 Å². The molecular weight excluding hydrogens is 318 g/mol. The monoisotopic (exact) mass is 337 g/mol. The predicted molar refractivity (Wildman–Crippen MR) is 95.5 cm³/mol. The van der Waals surface area contributed by atoms with E-state index in [4.69, 9.17) is 4.74 Å². The fraction of sp³-hybridized carbons (Fsp3) is 0.222. The van der Waals surface area contributed by atoms with Crippen molar-refractivity contribution in [1.82, 2.24) is 20.4 Å². The van der Waals surface area contributed by atoms with Gasteiger partial charge < -0.3 is 4.74 Å². The number of benzene rings is 1. The van der Waals surface area contributed by atoms with Crippen molar-refractivity contribution in [2.75, 3.05) is 12.5 Å². The van der Waals surface area contributed by atoms with Crippen LogP contribution in [0.2, 0.25) is 0 Å². The van der Waals surface area contributed by atoms with Gasteiger partial charge in [0.2, 0.25) is 0 Å². The first-order valence-electron chi connectivity index (χ1n) is 7.94. The Balaban J connectivity index is 1.82. The van der Waals surface area contributed by atoms with E-state index in [0.29, 0.717) is 23.6 Å². The number of hydrazine groups is 1. The zero-order chi connectivity index (χ0) is 17.8. The van der Waals surface area contributed by atoms with Crippen molar-refractivity contribution in [3.63, 3.8) is 0 Å². The summed E-state index contributed by atoms with van der Waals surface area (Å²) in [5, 5.41) is 1.03. The van der Waals surface area contributed by atoms with Crippen LogP contribution in [0.1, 0.15) is 28.7 Å². The topological polar surface area (TPSA) is 89.0 Å². The molecule has 128 valence electrons. The summed E-state index contributed by atoms with van der Waals surface area (Å²) in [6.45, 7) is 3.91. The molecule has 1 aromatic carbocycles. The summed E-state index contributed by atoms with van der Waals surface area (Å²) in [6.07, 6.45) is 3.70. The van der Waals surface area contributed by atoms with E-state index in [1.54, 1.807) is 13.3 Å². The maximum Gasteiger partial charge on any atom is 0.290 e. The number of rotatable bonds is 5. The molecule has 0 unspecified atom stereocenters. The summed E-state index contributed by atoms with van der Waals surface area (Å²) in [5.74, 6) is 0.913. The lowest BCUT2D eigenvalue weighted by atomic mass is 10.1. The number of nitrogens with zero attached hydrogens (tertiary/aromatic N) is 3. The predicted octanol–water partition coefficient (Wildman–Crippen LogP) is 2.66. The number of aromatic nitrogens is 3. The van der Waals surface area contributed by atoms with Gasteiger partial charge in [-0.2, -0.15) is 0 Å². The van der Waals surface area contributed by atoms with Gasteiger partial charge in [-0.05, 0) is 37.1 Å². The van der Waals surface area contributed by atoms with Crippen LogP contribution >= 0.6 is 0 Å². The Morgan fingerprint density at radius 1 is 1.20 bits per heavy atom. The number of fused-ring (bicyclic) bond motifs is 1. The maximum absolute atomic E-state index is 12.3. The molecule has 25 heavy (non-hydrogen) atoms. The lowest BCUT2D eigenvalue weighted by Crippen LogP contribution is -2.31. The highest BCUT2D eigenvalue weighted by molar-refractivity contribution is 5.94. The SMILES string of the molecule is CCc1nccnc1C(=O)NNc1cc(C)c2ccc(OC)cc2n1. The van der Waals surface area contributed by atoms with E-state index in [2.05, 4.69) is 25.8 Å². The Kier molecular flexibility index (Phi) is 4.74. The lowest BCUT2D eigenvalue weighted by Gasteiger charge is -2.11. The van der Waals surface area contributed by atoms with Crippen molar-refractivity contribution in [3.05, 3.63) is 53.6 Å². The Bertz CT molecular complexity index is 926. The highest BCUT2D eigenvalue weighted by atomic mass is 16.5. The largest absolute Gasteiger partial charge is 0.497 e. The molecule has 0 fully saturated rings. The quantitative estimate of drug-likeness (QED) is 0.696. The Labute approximate surface area is 145 Å². The van der Waals surface area contributed by atoms with Crippen molar-refractivity contribution in [3.8, 4) is 5.75 Å². The van der Waals surface area contributed by atoms with Gasteiger partial charge in [0.15, 0.2) is 5.69 Å². The van der Waals surface area contributed by atoms with Crippen molar-refractivity contribution in [1.29, 1.82) is 0 Å². The second kappa shape index (κ2) is 7.12. The Hall–Kier alpha value is -3.22. The molecule has 7 heteroatoms. The fourth-order valence-electron chi connectivity index (χ4n) is 2.57. The average molecular weight is 337 g/mol. The molecule has 0 aliphatic carbocycles. The van der Waals surface area contributed by atoms with Crippen LogP contribution in [-0.2, 0) is 6.42 Å². The number of amides is 1. The van der Waals surface area contributed by atoms with Crippen molar-refractivity contribution < 1.29 is 9.53 Å². The van der Waals surface area contributed by atoms with E-state index in [-0.39, 0.29) is 5.91 Å². The Morgan fingerprint density at radius 2 is 2.00 bits per heavy atom. The molecule has 7 nitrogen and oxygen atoms in total. The highest BCUT2D eigenvalue weighted by Gasteiger charge is 2.13. The number of pyridine rings is 1. The number of hydrogen-bond donors (Lipinski definition) is 2. The number of aryl methyl sites for hydroxylation is 2. The molecule has 2 N–H and O–H groups in total. The van der Waals surface area contributed by atoms with E-state index in [0.717, 1.165) is 22.2 Å². The maximum atomic E-state index is 12.3. The molecule has 0 bridgehead atoms. The van der Waals surface area contributed by atoms with Gasteiger partial charge in [0.1, 0.15) is 11.6 Å². The third kappa shape index (κ3) is 3.50. The van der Waals surface area contributed by atoms with E-state index >= 15 is 0 Å². The minimum absolute atomic E-state index is 0.302. The van der Waals surface area contributed by atoms with Crippen molar-refractivity contribution >= 4 is 22.6 Å². The summed E-state index contributed by atoms with van der Waals surface area (Å²) in [5.41, 5.74) is 8.24. The smallest absolute Gasteiger partial charge is 0.290 e. The van der Waals surface area contributed by atoms with Crippen LogP contribution in [0, 0.1) is 6.92 Å². The van der Waals surface area contributed by atoms with Crippen LogP contribution in [0.25, 0.3) is 10.9 Å². The summed E-state index contributed by atoms with van der Waals surface area (Å²) < 4.78 is 5.24. The summed E-state index contributed by atoms with van der Waals surface area (Å²) in [6, 6.07) is 7.58. The standard InChI is InChI=1S/C18H19N5O2/c1-4-14-17(20-8-7-19-14)18(24)23-22-16-9-11(2)13-6-5-12(25-3)10-15(13)21-16/h5-10H,4H2,1-3H3,(H,21,22)(H,23,24). The molecule has 0 saturated heterocycles. The fourth-order valence-corrected chi connectivity index (χ4v) is 2.57. The molecule has 2 aromatic heterocycles. The number of hydrogen-bond acceptors (Lipinski definition) is 6. The minimum Gasteiger partial charge on any atom is -0.497 e. The molecule has 0 atom stereocenters. The zero-order valence-electron chi connectivity index (χ0n) is 14.3. The summed E-state index contributed by atoms with van der Waals surface area (Å²) >= 11 is 0. The van der Waals surface area contributed by atoms with Crippen molar-refractivity contribution in [2.24, 2.45) is 0 Å². The highest BCUT2D eigenvalue weighted by Crippen LogP contribution is 2.24. The Morgan fingerprint density at radius 3 is 2.76 bits per heavy atom. The third-order valence-electron chi connectivity index (χ3n) is 3.85. The number of methoxy groups -OCH3 is 1. The van der Waals surface area contributed by atoms with E-state index in [9.17, 15) is 4.79 Å². The van der Waals surface area contributed by atoms with Gasteiger partial charge in [-0.25, -0.2) is 9.97 Å². The second-order valence-corrected chi connectivity index (χ2v) is 5.49. The van der Waals surface area contributed by atoms with E-state index < -0.39 is 0 Å². The van der Waals surface area contributed by atoms with Crippen LogP contribution < -0.4 is 15.6 Å². The molecule has 0 saturated carbocycles. The van der Waals surface area contributed by atoms with Gasteiger partial charge in [-0.15, -0.1) is 0 Å². The normalized spacial score (nSPS) is 10.5. The van der Waals surface area contributed by atoms with Gasteiger partial charge in [0.05, 0.1) is 18.3 Å². The van der Waals surface area contributed by atoms with E-state index in [1.165, 1.54) is 6.20 Å².